The van der Waals surface area contributed by atoms with Crippen molar-refractivity contribution >= 4 is 39.7 Å². The number of rotatable bonds is 14. The molecule has 3 amide bonds. The van der Waals surface area contributed by atoms with Gasteiger partial charge in [0.15, 0.2) is 0 Å². The number of H-pyrrole nitrogens is 2. The van der Waals surface area contributed by atoms with Crippen LogP contribution in [0.25, 0.3) is 44.2 Å². The van der Waals surface area contributed by atoms with Gasteiger partial charge in [-0.15, -0.1) is 0 Å². The maximum absolute atomic E-state index is 13.4. The van der Waals surface area contributed by atoms with Gasteiger partial charge in [0.1, 0.15) is 30.0 Å². The molecule has 0 spiro atoms. The van der Waals surface area contributed by atoms with Crippen molar-refractivity contribution in [3.63, 3.8) is 0 Å². The third kappa shape index (κ3) is 7.72. The maximum Gasteiger partial charge on any atom is 0.407 e. The van der Waals surface area contributed by atoms with Crippen molar-refractivity contribution in [2.45, 2.75) is 111 Å². The number of imidazole rings is 2. The molecule has 0 unspecified atom stereocenters. The second-order valence-electron chi connectivity index (χ2n) is 13.9. The van der Waals surface area contributed by atoms with Gasteiger partial charge in [0.2, 0.25) is 11.8 Å². The molecule has 1 aliphatic rings. The lowest BCUT2D eigenvalue weighted by Crippen LogP contribution is -2.50. The molecule has 5 aromatic rings. The number of alkyl carbamates (subject to hydrolysis) is 1. The Bertz CT molecular complexity index is 2120. The fraction of sp³-hybridized carbons (Fsp3) is 0.439. The van der Waals surface area contributed by atoms with E-state index in [-0.39, 0.29) is 30.4 Å². The molecule has 0 fully saturated rings. The normalized spacial score (nSPS) is 13.3. The molecule has 3 aromatic carbocycles. The Balaban J connectivity index is 1.24. The first kappa shape index (κ1) is 37.4. The van der Waals surface area contributed by atoms with Crippen molar-refractivity contribution in [3.05, 3.63) is 65.9 Å². The standard InChI is InChI=1S/C41H51N7O5/c1-8-12-38(49)47(24(5)9-2)22-37-44-33-16-14-26-18-32-30-15-13-27(17-28(30)23-53-35(32)19-31(26)39(33)46-37)34-20-42-36(45-34)21-48(29(10-3)11-4)40(50)25(6)43-41(51)52-7/h13-20,24-25,29H,8-12,21-23H2,1-7H3,(H,42,45)(H,43,51)(H,44,46)/t24-,25-/m0/s1. The minimum atomic E-state index is -0.742. The van der Waals surface area contributed by atoms with Gasteiger partial charge in [-0.2, -0.15) is 0 Å². The fourth-order valence-corrected chi connectivity index (χ4v) is 7.22. The van der Waals surface area contributed by atoms with Crippen LogP contribution in [0, 0.1) is 0 Å². The molecule has 6 rings (SSSR count). The largest absolute Gasteiger partial charge is 0.488 e. The van der Waals surface area contributed by atoms with E-state index in [2.05, 4.69) is 76.6 Å². The van der Waals surface area contributed by atoms with Gasteiger partial charge in [0.05, 0.1) is 43.1 Å². The first-order valence-electron chi connectivity index (χ1n) is 18.8. The van der Waals surface area contributed by atoms with Gasteiger partial charge >= 0.3 is 6.09 Å². The smallest absolute Gasteiger partial charge is 0.407 e. The van der Waals surface area contributed by atoms with E-state index < -0.39 is 12.1 Å². The van der Waals surface area contributed by atoms with Gasteiger partial charge in [-0.05, 0) is 85.9 Å². The number of hydrogen-bond acceptors (Lipinski definition) is 7. The second kappa shape index (κ2) is 16.1. The number of amides is 3. The molecule has 0 bridgehead atoms. The van der Waals surface area contributed by atoms with Crippen molar-refractivity contribution in [2.24, 2.45) is 0 Å². The molecule has 0 saturated carbocycles. The molecule has 3 heterocycles. The van der Waals surface area contributed by atoms with Gasteiger partial charge in [0, 0.05) is 29.5 Å². The molecule has 53 heavy (non-hydrogen) atoms. The summed E-state index contributed by atoms with van der Waals surface area (Å²) in [5, 5.41) is 4.65. The highest BCUT2D eigenvalue weighted by molar-refractivity contribution is 6.07. The molecule has 1 aliphatic heterocycles. The third-order valence-electron chi connectivity index (χ3n) is 10.4. The van der Waals surface area contributed by atoms with Gasteiger partial charge in [-0.25, -0.2) is 14.8 Å². The second-order valence-corrected chi connectivity index (χ2v) is 13.9. The SMILES string of the molecule is CCCC(=O)N(Cc1nc2c(ccc3cc4c(cc32)OCc2cc(-c3cnc(CN(C(=O)[C@H](C)NC(=O)OC)C(CC)CC)[nH]3)ccc2-4)[nH]1)[C@@H](C)CC. The minimum Gasteiger partial charge on any atom is -0.488 e. The Labute approximate surface area is 310 Å². The number of carbonyl (C=O) groups is 3. The van der Waals surface area contributed by atoms with Crippen LogP contribution in [0.3, 0.4) is 0 Å². The van der Waals surface area contributed by atoms with E-state index in [1.165, 1.54) is 7.11 Å². The van der Waals surface area contributed by atoms with Crippen LogP contribution >= 0.6 is 0 Å². The monoisotopic (exact) mass is 721 g/mol. The van der Waals surface area contributed by atoms with Crippen LogP contribution < -0.4 is 10.1 Å². The van der Waals surface area contributed by atoms with Crippen molar-refractivity contribution in [1.82, 2.24) is 35.1 Å². The fourth-order valence-electron chi connectivity index (χ4n) is 7.22. The van der Waals surface area contributed by atoms with Crippen LogP contribution in [0.15, 0.2) is 48.7 Å². The molecule has 2 aromatic heterocycles. The van der Waals surface area contributed by atoms with E-state index in [0.29, 0.717) is 25.4 Å². The van der Waals surface area contributed by atoms with Crippen LogP contribution in [0.1, 0.15) is 90.9 Å². The summed E-state index contributed by atoms with van der Waals surface area (Å²) in [4.78, 5) is 58.4. The average Bonchev–Trinajstić information content (AvgIpc) is 3.82. The summed E-state index contributed by atoms with van der Waals surface area (Å²) in [6, 6.07) is 14.1. The zero-order valence-electron chi connectivity index (χ0n) is 31.8. The van der Waals surface area contributed by atoms with E-state index in [1.54, 1.807) is 18.0 Å². The molecule has 2 atom stereocenters. The van der Waals surface area contributed by atoms with Crippen molar-refractivity contribution in [2.75, 3.05) is 7.11 Å². The maximum atomic E-state index is 13.4. The lowest BCUT2D eigenvalue weighted by molar-refractivity contribution is -0.136. The zero-order chi connectivity index (χ0) is 37.8. The highest BCUT2D eigenvalue weighted by atomic mass is 16.5. The lowest BCUT2D eigenvalue weighted by Gasteiger charge is -2.32. The van der Waals surface area contributed by atoms with Crippen LogP contribution in [0.2, 0.25) is 0 Å². The highest BCUT2D eigenvalue weighted by Crippen LogP contribution is 2.42. The number of hydrogen-bond donors (Lipinski definition) is 3. The summed E-state index contributed by atoms with van der Waals surface area (Å²) in [6.45, 7) is 13.1. The Morgan fingerprint density at radius 2 is 1.70 bits per heavy atom. The van der Waals surface area contributed by atoms with Crippen molar-refractivity contribution in [1.29, 1.82) is 0 Å². The molecule has 0 saturated heterocycles. The number of nitrogens with zero attached hydrogens (tertiary/aromatic N) is 4. The quantitative estimate of drug-likeness (QED) is 0.106. The van der Waals surface area contributed by atoms with Crippen LogP contribution in [0.4, 0.5) is 4.79 Å². The first-order valence-corrected chi connectivity index (χ1v) is 18.8. The van der Waals surface area contributed by atoms with Gasteiger partial charge in [-0.3, -0.25) is 9.59 Å². The highest BCUT2D eigenvalue weighted by Gasteiger charge is 2.28. The zero-order valence-corrected chi connectivity index (χ0v) is 31.8. The van der Waals surface area contributed by atoms with Crippen LogP contribution in [0.5, 0.6) is 5.75 Å². The summed E-state index contributed by atoms with van der Waals surface area (Å²) in [5.74, 6) is 2.20. The Morgan fingerprint density at radius 1 is 0.925 bits per heavy atom. The van der Waals surface area contributed by atoms with E-state index >= 15 is 0 Å². The summed E-state index contributed by atoms with van der Waals surface area (Å²) in [6.07, 6.45) is 4.91. The summed E-state index contributed by atoms with van der Waals surface area (Å²) < 4.78 is 11.1. The number of fused-ring (bicyclic) bond motifs is 6. The average molecular weight is 722 g/mol. The molecule has 0 aliphatic carbocycles. The van der Waals surface area contributed by atoms with Crippen LogP contribution in [-0.2, 0) is 34.0 Å². The molecule has 0 radical (unpaired) electrons. The Kier molecular flexibility index (Phi) is 11.4. The van der Waals surface area contributed by atoms with E-state index in [1.807, 2.05) is 25.7 Å². The molecule has 12 heteroatoms. The van der Waals surface area contributed by atoms with Crippen LogP contribution in [-0.4, -0.2) is 72.9 Å². The molecular weight excluding hydrogens is 670 g/mol. The Hall–Kier alpha value is -5.39. The van der Waals surface area contributed by atoms with Crippen molar-refractivity contribution < 1.29 is 23.9 Å². The predicted molar refractivity (Wildman–Crippen MR) is 206 cm³/mol. The molecule has 280 valence electrons. The minimum absolute atomic E-state index is 0.0117. The number of aromatic nitrogens is 4. The summed E-state index contributed by atoms with van der Waals surface area (Å²) in [7, 11) is 1.28. The van der Waals surface area contributed by atoms with Gasteiger partial charge < -0.3 is 34.6 Å². The number of carbonyl (C=O) groups excluding carboxylic acids is 3. The number of benzene rings is 3. The topological polar surface area (TPSA) is 146 Å². The number of methoxy groups -OCH3 is 1. The van der Waals surface area contributed by atoms with Gasteiger partial charge in [0.25, 0.3) is 0 Å². The van der Waals surface area contributed by atoms with Gasteiger partial charge in [-0.1, -0.05) is 45.9 Å². The van der Waals surface area contributed by atoms with E-state index in [9.17, 15) is 14.4 Å². The van der Waals surface area contributed by atoms with E-state index in [0.717, 1.165) is 87.0 Å². The number of aromatic amines is 2. The lowest BCUT2D eigenvalue weighted by atomic mass is 9.92. The predicted octanol–water partition coefficient (Wildman–Crippen LogP) is 7.85. The van der Waals surface area contributed by atoms with Crippen molar-refractivity contribution in [3.8, 4) is 28.1 Å². The molecule has 12 nitrogen and oxygen atoms in total. The summed E-state index contributed by atoms with van der Waals surface area (Å²) >= 11 is 0. The summed E-state index contributed by atoms with van der Waals surface area (Å²) in [5.41, 5.74) is 6.79. The molecule has 3 N–H and O–H groups in total. The first-order chi connectivity index (χ1) is 25.6. The Morgan fingerprint density at radius 3 is 2.42 bits per heavy atom. The molecular formula is C41H51N7O5. The number of nitrogens with one attached hydrogen (secondary N) is 3. The number of ether oxygens (including phenoxy) is 2. The third-order valence-corrected chi connectivity index (χ3v) is 10.4. The van der Waals surface area contributed by atoms with E-state index in [4.69, 9.17) is 14.5 Å².